The first-order valence-electron chi connectivity index (χ1n) is 3.39. The maximum Gasteiger partial charge on any atom is 0.283 e. The number of H-pyrrole nitrogens is 1. The van der Waals surface area contributed by atoms with Crippen LogP contribution in [0.2, 0.25) is 0 Å². The monoisotopic (exact) mass is 151 g/mol. The van der Waals surface area contributed by atoms with Crippen LogP contribution in [0.5, 0.6) is 0 Å². The van der Waals surface area contributed by atoms with Gasteiger partial charge in [0.05, 0.1) is 16.3 Å². The van der Waals surface area contributed by atoms with Gasteiger partial charge in [-0.2, -0.15) is 0 Å². The van der Waals surface area contributed by atoms with E-state index in [-0.39, 0.29) is 0 Å². The average Bonchev–Trinajstić information content (AvgIpc) is 1.85. The Kier molecular flexibility index (Phi) is 1.89. The van der Waals surface area contributed by atoms with Crippen molar-refractivity contribution in [3.8, 4) is 0 Å². The van der Waals surface area contributed by atoms with E-state index in [1.165, 1.54) is 6.20 Å². The van der Waals surface area contributed by atoms with Crippen molar-refractivity contribution in [3.05, 3.63) is 35.3 Å². The van der Waals surface area contributed by atoms with Gasteiger partial charge >= 0.3 is 0 Å². The molecule has 0 aromatic carbocycles. The van der Waals surface area contributed by atoms with E-state index in [0.717, 1.165) is 15.7 Å². The van der Waals surface area contributed by atoms with Crippen LogP contribution < -0.4 is 4.43 Å². The summed E-state index contributed by atoms with van der Waals surface area (Å²) in [6.07, 6.45) is 3.03. The van der Waals surface area contributed by atoms with E-state index in [4.69, 9.17) is 0 Å². The summed E-state index contributed by atoms with van der Waals surface area (Å²) in [5.41, 5.74) is 2.23. The number of allylic oxidation sites excluding steroid dienone is 1. The zero-order chi connectivity index (χ0) is 8.43. The first-order chi connectivity index (χ1) is 5.13. The Morgan fingerprint density at radius 1 is 1.73 bits per heavy atom. The number of aryl methyl sites for hydroxylation is 1. The minimum absolute atomic E-state index is 0.618. The molecular weight excluding hydrogens is 140 g/mol. The van der Waals surface area contributed by atoms with Gasteiger partial charge in [0.1, 0.15) is 0 Å². The van der Waals surface area contributed by atoms with Crippen LogP contribution in [0.3, 0.4) is 0 Å². The molecule has 3 heteroatoms. The van der Waals surface area contributed by atoms with Gasteiger partial charge in [0.25, 0.3) is 5.69 Å². The van der Waals surface area contributed by atoms with E-state index in [1.54, 1.807) is 6.20 Å². The minimum atomic E-state index is 0.618. The molecule has 0 atom stereocenters. The van der Waals surface area contributed by atoms with Gasteiger partial charge in [0.2, 0.25) is 6.20 Å². The van der Waals surface area contributed by atoms with Crippen molar-refractivity contribution >= 4 is 5.57 Å². The summed E-state index contributed by atoms with van der Waals surface area (Å²) < 4.78 is 0.814. The highest BCUT2D eigenvalue weighted by atomic mass is 16.3. The largest absolute Gasteiger partial charge is 0.355 e. The molecule has 1 N–H and O–H groups in total. The molecule has 0 unspecified atom stereocenters. The number of nitrogens with one attached hydrogen (secondary N) is 1. The molecule has 0 bridgehead atoms. The molecule has 0 fully saturated rings. The van der Waals surface area contributed by atoms with Crippen LogP contribution in [-0.4, -0.2) is 4.98 Å². The molecule has 0 aliphatic heterocycles. The molecule has 0 aliphatic rings. The molecule has 1 aromatic heterocycles. The Balaban J connectivity index is 3.45. The van der Waals surface area contributed by atoms with Gasteiger partial charge in [-0.25, -0.2) is 0 Å². The Labute approximate surface area is 65.0 Å². The van der Waals surface area contributed by atoms with Crippen molar-refractivity contribution in [2.45, 2.75) is 13.8 Å². The van der Waals surface area contributed by atoms with Crippen molar-refractivity contribution in [2.24, 2.45) is 0 Å². The maximum atomic E-state index is 11.1. The SMILES string of the molecule is C=C(C)c1c(C)[nH]cc[n+]1=O. The lowest BCUT2D eigenvalue weighted by Gasteiger charge is -1.92. The summed E-state index contributed by atoms with van der Waals surface area (Å²) >= 11 is 0. The van der Waals surface area contributed by atoms with Crippen molar-refractivity contribution in [2.75, 3.05) is 0 Å². The fourth-order valence-electron chi connectivity index (χ4n) is 1.05. The molecule has 3 nitrogen and oxygen atoms in total. The number of rotatable bonds is 1. The molecule has 11 heavy (non-hydrogen) atoms. The highest BCUT2D eigenvalue weighted by Gasteiger charge is 2.11. The Bertz CT molecular complexity index is 338. The molecule has 0 spiro atoms. The number of hydrogen-bond donors (Lipinski definition) is 1. The van der Waals surface area contributed by atoms with Gasteiger partial charge in [0.15, 0.2) is 0 Å². The third-order valence-corrected chi connectivity index (χ3v) is 1.49. The molecular formula is C8H11N2O+. The quantitative estimate of drug-likeness (QED) is 0.603. The topological polar surface area (TPSA) is 38.8 Å². The predicted octanol–water partition coefficient (Wildman–Crippen LogP) is 1.27. The number of hydrogen-bond acceptors (Lipinski definition) is 1. The van der Waals surface area contributed by atoms with E-state index in [2.05, 4.69) is 11.6 Å². The highest BCUT2D eigenvalue weighted by Crippen LogP contribution is 2.06. The predicted molar refractivity (Wildman–Crippen MR) is 43.6 cm³/mol. The van der Waals surface area contributed by atoms with Gasteiger partial charge in [-0.1, -0.05) is 6.58 Å². The molecule has 0 saturated carbocycles. The van der Waals surface area contributed by atoms with Crippen molar-refractivity contribution in [1.82, 2.24) is 4.98 Å². The molecule has 1 rings (SSSR count). The van der Waals surface area contributed by atoms with Crippen LogP contribution in [-0.2, 0) is 0 Å². The molecule has 0 amide bonds. The van der Waals surface area contributed by atoms with Crippen molar-refractivity contribution in [3.63, 3.8) is 0 Å². The maximum absolute atomic E-state index is 11.1. The van der Waals surface area contributed by atoms with Crippen molar-refractivity contribution in [1.29, 1.82) is 0 Å². The Morgan fingerprint density at radius 3 is 2.73 bits per heavy atom. The molecule has 1 heterocycles. The molecule has 0 aliphatic carbocycles. The second kappa shape index (κ2) is 2.70. The van der Waals surface area contributed by atoms with Gasteiger partial charge in [0, 0.05) is 10.5 Å². The van der Waals surface area contributed by atoms with Crippen LogP contribution in [0.1, 0.15) is 18.3 Å². The Hall–Kier alpha value is -1.38. The first kappa shape index (κ1) is 7.72. The van der Waals surface area contributed by atoms with E-state index in [9.17, 15) is 4.91 Å². The summed E-state index contributed by atoms with van der Waals surface area (Å²) in [6.45, 7) is 7.36. The summed E-state index contributed by atoms with van der Waals surface area (Å²) in [5.74, 6) is 0. The van der Waals surface area contributed by atoms with E-state index in [0.29, 0.717) is 5.69 Å². The normalized spacial score (nSPS) is 9.64. The van der Waals surface area contributed by atoms with Gasteiger partial charge < -0.3 is 4.98 Å². The third kappa shape index (κ3) is 1.37. The Morgan fingerprint density at radius 2 is 2.36 bits per heavy atom. The third-order valence-electron chi connectivity index (χ3n) is 1.49. The molecule has 0 saturated heterocycles. The number of aromatic nitrogens is 2. The molecule has 1 aromatic rings. The van der Waals surface area contributed by atoms with Crippen LogP contribution in [0.15, 0.2) is 19.0 Å². The smallest absolute Gasteiger partial charge is 0.283 e. The molecule has 58 valence electrons. The highest BCUT2D eigenvalue weighted by molar-refractivity contribution is 5.56. The fourth-order valence-corrected chi connectivity index (χ4v) is 1.05. The van der Waals surface area contributed by atoms with E-state index >= 15 is 0 Å². The van der Waals surface area contributed by atoms with Gasteiger partial charge in [-0.05, 0) is 13.8 Å². The summed E-state index contributed by atoms with van der Waals surface area (Å²) in [5, 5.41) is 0. The summed E-state index contributed by atoms with van der Waals surface area (Å²) in [6, 6.07) is 0. The minimum Gasteiger partial charge on any atom is -0.355 e. The first-order valence-corrected chi connectivity index (χ1v) is 3.39. The van der Waals surface area contributed by atoms with Gasteiger partial charge in [-0.3, -0.25) is 0 Å². The van der Waals surface area contributed by atoms with Crippen LogP contribution in [0.4, 0.5) is 0 Å². The van der Waals surface area contributed by atoms with Crippen molar-refractivity contribution < 1.29 is 4.43 Å². The number of aromatic amines is 1. The zero-order valence-electron chi connectivity index (χ0n) is 6.72. The zero-order valence-corrected chi connectivity index (χ0v) is 6.72. The lowest BCUT2D eigenvalue weighted by atomic mass is 10.2. The van der Waals surface area contributed by atoms with E-state index in [1.807, 2.05) is 13.8 Å². The van der Waals surface area contributed by atoms with Crippen LogP contribution in [0, 0.1) is 11.8 Å². The number of nitrogens with zero attached hydrogens (tertiary/aromatic N) is 1. The lowest BCUT2D eigenvalue weighted by Crippen LogP contribution is -2.21. The fraction of sp³-hybridized carbons (Fsp3) is 0.250. The second-order valence-electron chi connectivity index (χ2n) is 2.54. The lowest BCUT2D eigenvalue weighted by molar-refractivity contribution is -0.498. The van der Waals surface area contributed by atoms with Gasteiger partial charge in [-0.15, -0.1) is 0 Å². The standard InChI is InChI=1S/C8H11N2O/c1-6(2)8-7(3)9-4-5-10(8)11/h4-5H,1H2,2-3H3,(H,9,11)/q+1. The van der Waals surface area contributed by atoms with E-state index < -0.39 is 0 Å². The molecule has 0 radical (unpaired) electrons. The second-order valence-corrected chi connectivity index (χ2v) is 2.54. The average molecular weight is 151 g/mol. The van der Waals surface area contributed by atoms with Crippen LogP contribution >= 0.6 is 0 Å². The summed E-state index contributed by atoms with van der Waals surface area (Å²) in [4.78, 5) is 14.1. The summed E-state index contributed by atoms with van der Waals surface area (Å²) in [7, 11) is 0. The van der Waals surface area contributed by atoms with Crippen LogP contribution in [0.25, 0.3) is 5.57 Å².